The van der Waals surface area contributed by atoms with E-state index in [0.717, 1.165) is 0 Å². The molecular weight excluding hydrogens is 252 g/mol. The molecule has 1 rings (SSSR count). The Kier molecular flexibility index (Phi) is 5.47. The largest absolute Gasteiger partial charge is 0.481 e. The van der Waals surface area contributed by atoms with Crippen molar-refractivity contribution in [3.8, 4) is 11.8 Å². The maximum atomic E-state index is 11.7. The summed E-state index contributed by atoms with van der Waals surface area (Å²) in [6.07, 6.45) is -0.630. The van der Waals surface area contributed by atoms with Gasteiger partial charge >= 0.3 is 0 Å². The lowest BCUT2D eigenvalue weighted by Crippen LogP contribution is -2.38. The lowest BCUT2D eigenvalue weighted by molar-refractivity contribution is -0.127. The molecule has 0 aliphatic heterocycles. The molecule has 0 saturated heterocycles. The van der Waals surface area contributed by atoms with Gasteiger partial charge in [-0.05, 0) is 32.0 Å². The van der Waals surface area contributed by atoms with Crippen LogP contribution in [-0.4, -0.2) is 18.6 Å². The first-order chi connectivity index (χ1) is 8.52. The number of carbonyl (C=O) groups excluding carboxylic acids is 1. The molecule has 2 unspecified atom stereocenters. The number of carbonyl (C=O) groups is 1. The summed E-state index contributed by atoms with van der Waals surface area (Å²) >= 11 is 5.81. The molecular formula is C13H15ClN2O2. The molecule has 2 atom stereocenters. The second kappa shape index (κ2) is 6.87. The molecule has 0 radical (unpaired) electrons. The minimum atomic E-state index is -0.630. The van der Waals surface area contributed by atoms with E-state index in [1.807, 2.05) is 6.07 Å². The van der Waals surface area contributed by atoms with Gasteiger partial charge in [-0.1, -0.05) is 17.7 Å². The molecule has 0 bridgehead atoms. The number of amides is 1. The smallest absolute Gasteiger partial charge is 0.260 e. The molecule has 1 N–H and O–H groups in total. The number of rotatable bonds is 5. The van der Waals surface area contributed by atoms with Crippen LogP contribution in [0, 0.1) is 17.2 Å². The van der Waals surface area contributed by atoms with E-state index in [9.17, 15) is 4.79 Å². The van der Waals surface area contributed by atoms with Crippen molar-refractivity contribution in [2.24, 2.45) is 5.92 Å². The van der Waals surface area contributed by atoms with Gasteiger partial charge in [-0.2, -0.15) is 5.26 Å². The predicted octanol–water partition coefficient (Wildman–Crippen LogP) is 2.38. The van der Waals surface area contributed by atoms with Gasteiger partial charge in [0.1, 0.15) is 5.75 Å². The van der Waals surface area contributed by atoms with Crippen molar-refractivity contribution in [3.05, 3.63) is 29.3 Å². The summed E-state index contributed by atoms with van der Waals surface area (Å²) in [6, 6.07) is 8.90. The van der Waals surface area contributed by atoms with E-state index in [1.54, 1.807) is 38.1 Å². The van der Waals surface area contributed by atoms with Crippen LogP contribution in [0.4, 0.5) is 0 Å². The minimum Gasteiger partial charge on any atom is -0.481 e. The van der Waals surface area contributed by atoms with Gasteiger partial charge in [0.15, 0.2) is 6.10 Å². The Balaban J connectivity index is 2.48. The van der Waals surface area contributed by atoms with Crippen LogP contribution in [0.25, 0.3) is 0 Å². The third-order valence-electron chi connectivity index (χ3n) is 2.28. The molecule has 0 aromatic heterocycles. The number of ether oxygens (including phenoxy) is 1. The van der Waals surface area contributed by atoms with Crippen molar-refractivity contribution < 1.29 is 9.53 Å². The first-order valence-electron chi connectivity index (χ1n) is 5.62. The summed E-state index contributed by atoms with van der Waals surface area (Å²) in [4.78, 5) is 11.7. The maximum absolute atomic E-state index is 11.7. The van der Waals surface area contributed by atoms with Crippen LogP contribution in [0.1, 0.15) is 13.8 Å². The number of nitriles is 1. The van der Waals surface area contributed by atoms with Crippen LogP contribution in [0.3, 0.4) is 0 Å². The fraction of sp³-hybridized carbons (Fsp3) is 0.385. The summed E-state index contributed by atoms with van der Waals surface area (Å²) in [5.74, 6) is 0.0721. The fourth-order valence-electron chi connectivity index (χ4n) is 1.24. The maximum Gasteiger partial charge on any atom is 0.260 e. The van der Waals surface area contributed by atoms with Gasteiger partial charge in [-0.3, -0.25) is 4.79 Å². The molecule has 1 aromatic rings. The van der Waals surface area contributed by atoms with Gasteiger partial charge in [0.2, 0.25) is 0 Å². The van der Waals surface area contributed by atoms with E-state index >= 15 is 0 Å². The van der Waals surface area contributed by atoms with Gasteiger partial charge in [0.25, 0.3) is 5.91 Å². The van der Waals surface area contributed by atoms with Gasteiger partial charge in [0.05, 0.1) is 12.0 Å². The zero-order chi connectivity index (χ0) is 13.5. The third kappa shape index (κ3) is 4.64. The van der Waals surface area contributed by atoms with Crippen molar-refractivity contribution in [2.45, 2.75) is 20.0 Å². The zero-order valence-corrected chi connectivity index (χ0v) is 11.1. The fourth-order valence-corrected chi connectivity index (χ4v) is 1.42. The minimum absolute atomic E-state index is 0.215. The second-order valence-corrected chi connectivity index (χ2v) is 4.43. The highest BCUT2D eigenvalue weighted by Gasteiger charge is 2.15. The van der Waals surface area contributed by atoms with Crippen molar-refractivity contribution in [1.29, 1.82) is 5.26 Å². The number of benzene rings is 1. The lowest BCUT2D eigenvalue weighted by Gasteiger charge is -2.15. The summed E-state index contributed by atoms with van der Waals surface area (Å²) in [5, 5.41) is 11.8. The Morgan fingerprint density at radius 3 is 2.89 bits per heavy atom. The molecule has 1 amide bonds. The highest BCUT2D eigenvalue weighted by Crippen LogP contribution is 2.18. The Hall–Kier alpha value is -1.73. The normalized spacial score (nSPS) is 13.2. The van der Waals surface area contributed by atoms with E-state index < -0.39 is 6.10 Å². The van der Waals surface area contributed by atoms with Crippen molar-refractivity contribution >= 4 is 17.5 Å². The van der Waals surface area contributed by atoms with Crippen LogP contribution < -0.4 is 10.1 Å². The van der Waals surface area contributed by atoms with Crippen LogP contribution in [-0.2, 0) is 4.79 Å². The lowest BCUT2D eigenvalue weighted by atomic mass is 10.2. The average Bonchev–Trinajstić information content (AvgIpc) is 2.35. The Morgan fingerprint density at radius 1 is 1.56 bits per heavy atom. The molecule has 96 valence electrons. The van der Waals surface area contributed by atoms with Gasteiger partial charge in [0, 0.05) is 11.6 Å². The number of hydrogen-bond donors (Lipinski definition) is 1. The molecule has 18 heavy (non-hydrogen) atoms. The predicted molar refractivity (Wildman–Crippen MR) is 69.3 cm³/mol. The molecule has 1 aromatic carbocycles. The van der Waals surface area contributed by atoms with Crippen molar-refractivity contribution in [2.75, 3.05) is 6.54 Å². The Labute approximate surface area is 112 Å². The summed E-state index contributed by atoms with van der Waals surface area (Å²) < 4.78 is 5.44. The summed E-state index contributed by atoms with van der Waals surface area (Å²) in [5.41, 5.74) is 0. The van der Waals surface area contributed by atoms with E-state index in [0.29, 0.717) is 17.3 Å². The topological polar surface area (TPSA) is 62.1 Å². The van der Waals surface area contributed by atoms with Gasteiger partial charge in [-0.15, -0.1) is 0 Å². The quantitative estimate of drug-likeness (QED) is 0.890. The van der Waals surface area contributed by atoms with Crippen molar-refractivity contribution in [3.63, 3.8) is 0 Å². The van der Waals surface area contributed by atoms with Crippen LogP contribution in [0.2, 0.25) is 5.02 Å². The molecule has 4 nitrogen and oxygen atoms in total. The molecule has 0 aliphatic carbocycles. The molecule has 0 fully saturated rings. The van der Waals surface area contributed by atoms with Crippen LogP contribution in [0.15, 0.2) is 24.3 Å². The molecule has 0 aliphatic rings. The number of halogens is 1. The molecule has 0 saturated carbocycles. The van der Waals surface area contributed by atoms with Crippen molar-refractivity contribution in [1.82, 2.24) is 5.32 Å². The van der Waals surface area contributed by atoms with Crippen LogP contribution in [0.5, 0.6) is 5.75 Å². The Bertz CT molecular complexity index is 457. The average molecular weight is 267 g/mol. The summed E-state index contributed by atoms with van der Waals surface area (Å²) in [7, 11) is 0. The highest BCUT2D eigenvalue weighted by atomic mass is 35.5. The molecule has 0 spiro atoms. The standard InChI is InChI=1S/C13H15ClN2O2/c1-9(7-15)8-16-13(17)10(2)18-12-5-3-4-11(14)6-12/h3-6,9-10H,8H2,1-2H3,(H,16,17). The number of nitrogens with one attached hydrogen (secondary N) is 1. The van der Waals surface area contributed by atoms with E-state index in [-0.39, 0.29) is 11.8 Å². The van der Waals surface area contributed by atoms with Gasteiger partial charge < -0.3 is 10.1 Å². The van der Waals surface area contributed by atoms with E-state index in [2.05, 4.69) is 5.32 Å². The zero-order valence-electron chi connectivity index (χ0n) is 10.3. The number of nitrogens with zero attached hydrogens (tertiary/aromatic N) is 1. The monoisotopic (exact) mass is 266 g/mol. The summed E-state index contributed by atoms with van der Waals surface area (Å²) in [6.45, 7) is 3.70. The SMILES string of the molecule is CC(C#N)CNC(=O)C(C)Oc1cccc(Cl)c1. The van der Waals surface area contributed by atoms with E-state index in [1.165, 1.54) is 0 Å². The molecule has 5 heteroatoms. The Morgan fingerprint density at radius 2 is 2.28 bits per heavy atom. The van der Waals surface area contributed by atoms with E-state index in [4.69, 9.17) is 21.6 Å². The second-order valence-electron chi connectivity index (χ2n) is 3.99. The molecule has 0 heterocycles. The third-order valence-corrected chi connectivity index (χ3v) is 2.52. The number of hydrogen-bond acceptors (Lipinski definition) is 3. The highest BCUT2D eigenvalue weighted by molar-refractivity contribution is 6.30. The first kappa shape index (κ1) is 14.3. The van der Waals surface area contributed by atoms with Crippen LogP contribution >= 0.6 is 11.6 Å². The first-order valence-corrected chi connectivity index (χ1v) is 6.00. The van der Waals surface area contributed by atoms with Gasteiger partial charge in [-0.25, -0.2) is 0 Å².